The summed E-state index contributed by atoms with van der Waals surface area (Å²) in [7, 11) is 0. The van der Waals surface area contributed by atoms with Crippen LogP contribution in [0.1, 0.15) is 25.7 Å². The Morgan fingerprint density at radius 3 is 2.62 bits per heavy atom. The molecule has 1 aliphatic carbocycles. The van der Waals surface area contributed by atoms with Gasteiger partial charge in [0, 0.05) is 12.6 Å². The number of nitrogens with two attached hydrogens (primary N) is 1. The van der Waals surface area contributed by atoms with Crippen molar-refractivity contribution < 1.29 is 4.79 Å². The first kappa shape index (κ1) is 10.3. The predicted octanol–water partition coefficient (Wildman–Crippen LogP) is 0.902. The molecular weight excluding hydrogens is 164 g/mol. The topological polar surface area (TPSA) is 46.3 Å². The fourth-order valence-electron chi connectivity index (χ4n) is 1.98. The third-order valence-corrected chi connectivity index (χ3v) is 2.56. The van der Waals surface area contributed by atoms with Crippen LogP contribution in [0.25, 0.3) is 0 Å². The standard InChI is InChI=1S/C10H18N2O/c1-2-7-12(8-10(11)13)9-5-3-4-6-9/h2,9H,1,3-8H2,(H2,11,13). The largest absolute Gasteiger partial charge is 0.369 e. The third kappa shape index (κ3) is 3.19. The Morgan fingerprint density at radius 1 is 1.54 bits per heavy atom. The Labute approximate surface area is 79.6 Å². The van der Waals surface area contributed by atoms with Crippen molar-refractivity contribution in [1.29, 1.82) is 0 Å². The minimum atomic E-state index is -0.242. The number of carbonyl (C=O) groups is 1. The van der Waals surface area contributed by atoms with Crippen LogP contribution in [0.3, 0.4) is 0 Å². The van der Waals surface area contributed by atoms with E-state index in [1.54, 1.807) is 0 Å². The summed E-state index contributed by atoms with van der Waals surface area (Å²) in [6.45, 7) is 4.83. The van der Waals surface area contributed by atoms with Crippen LogP contribution in [0.4, 0.5) is 0 Å². The lowest BCUT2D eigenvalue weighted by atomic mass is 10.2. The van der Waals surface area contributed by atoms with E-state index in [2.05, 4.69) is 11.5 Å². The second kappa shape index (κ2) is 5.02. The zero-order chi connectivity index (χ0) is 9.68. The van der Waals surface area contributed by atoms with Gasteiger partial charge in [0.2, 0.25) is 5.91 Å². The van der Waals surface area contributed by atoms with E-state index in [0.29, 0.717) is 12.6 Å². The SMILES string of the molecule is C=CCN(CC(N)=O)C1CCCC1. The summed E-state index contributed by atoms with van der Waals surface area (Å²) >= 11 is 0. The zero-order valence-corrected chi connectivity index (χ0v) is 8.04. The van der Waals surface area contributed by atoms with E-state index >= 15 is 0 Å². The third-order valence-electron chi connectivity index (χ3n) is 2.56. The van der Waals surface area contributed by atoms with Crippen molar-refractivity contribution in [2.24, 2.45) is 5.73 Å². The average molecular weight is 182 g/mol. The van der Waals surface area contributed by atoms with Crippen molar-refractivity contribution in [3.63, 3.8) is 0 Å². The van der Waals surface area contributed by atoms with Crippen molar-refractivity contribution in [3.05, 3.63) is 12.7 Å². The van der Waals surface area contributed by atoms with E-state index in [9.17, 15) is 4.79 Å². The quantitative estimate of drug-likeness (QED) is 0.642. The highest BCUT2D eigenvalue weighted by atomic mass is 16.1. The second-order valence-corrected chi connectivity index (χ2v) is 3.62. The van der Waals surface area contributed by atoms with Gasteiger partial charge in [-0.1, -0.05) is 18.9 Å². The Kier molecular flexibility index (Phi) is 3.96. The van der Waals surface area contributed by atoms with Gasteiger partial charge in [-0.3, -0.25) is 9.69 Å². The van der Waals surface area contributed by atoms with Crippen LogP contribution in [-0.2, 0) is 4.79 Å². The lowest BCUT2D eigenvalue weighted by Crippen LogP contribution is -2.40. The Morgan fingerprint density at radius 2 is 2.15 bits per heavy atom. The summed E-state index contributed by atoms with van der Waals surface area (Å²) < 4.78 is 0. The molecule has 0 atom stereocenters. The van der Waals surface area contributed by atoms with Crippen LogP contribution >= 0.6 is 0 Å². The van der Waals surface area contributed by atoms with Gasteiger partial charge in [-0.25, -0.2) is 0 Å². The molecule has 0 radical (unpaired) electrons. The molecule has 0 spiro atoms. The lowest BCUT2D eigenvalue weighted by molar-refractivity contribution is -0.119. The Balaban J connectivity index is 2.44. The normalized spacial score (nSPS) is 17.9. The van der Waals surface area contributed by atoms with E-state index in [1.807, 2.05) is 6.08 Å². The summed E-state index contributed by atoms with van der Waals surface area (Å²) in [6.07, 6.45) is 6.78. The fraction of sp³-hybridized carbons (Fsp3) is 0.700. The van der Waals surface area contributed by atoms with Gasteiger partial charge in [0.25, 0.3) is 0 Å². The number of hydrogen-bond donors (Lipinski definition) is 1. The average Bonchev–Trinajstić information content (AvgIpc) is 2.54. The molecule has 0 aromatic carbocycles. The molecule has 13 heavy (non-hydrogen) atoms. The van der Waals surface area contributed by atoms with Crippen LogP contribution < -0.4 is 5.73 Å². The number of amides is 1. The summed E-state index contributed by atoms with van der Waals surface area (Å²) in [5.41, 5.74) is 5.18. The van der Waals surface area contributed by atoms with Crippen LogP contribution in [0.2, 0.25) is 0 Å². The maximum absolute atomic E-state index is 10.8. The van der Waals surface area contributed by atoms with Gasteiger partial charge in [-0.05, 0) is 12.8 Å². The number of primary amides is 1. The molecule has 1 aliphatic rings. The molecule has 0 saturated heterocycles. The molecule has 0 aromatic rings. The molecule has 1 rings (SSSR count). The molecule has 0 bridgehead atoms. The summed E-state index contributed by atoms with van der Waals surface area (Å²) in [5.74, 6) is -0.242. The van der Waals surface area contributed by atoms with Gasteiger partial charge in [-0.15, -0.1) is 6.58 Å². The monoisotopic (exact) mass is 182 g/mol. The molecule has 3 nitrogen and oxygen atoms in total. The second-order valence-electron chi connectivity index (χ2n) is 3.62. The Hall–Kier alpha value is -0.830. The molecule has 0 aromatic heterocycles. The molecule has 1 fully saturated rings. The van der Waals surface area contributed by atoms with Gasteiger partial charge >= 0.3 is 0 Å². The van der Waals surface area contributed by atoms with Crippen LogP contribution in [0.15, 0.2) is 12.7 Å². The first-order chi connectivity index (χ1) is 6.24. The van der Waals surface area contributed by atoms with E-state index in [-0.39, 0.29) is 5.91 Å². The minimum Gasteiger partial charge on any atom is -0.369 e. The maximum atomic E-state index is 10.8. The number of carbonyl (C=O) groups excluding carboxylic acids is 1. The highest BCUT2D eigenvalue weighted by Gasteiger charge is 2.22. The first-order valence-electron chi connectivity index (χ1n) is 4.87. The Bertz CT molecular complexity index is 185. The van der Waals surface area contributed by atoms with Crippen molar-refractivity contribution in [3.8, 4) is 0 Å². The highest BCUT2D eigenvalue weighted by molar-refractivity contribution is 5.76. The van der Waals surface area contributed by atoms with E-state index in [0.717, 1.165) is 6.54 Å². The van der Waals surface area contributed by atoms with Crippen LogP contribution in [0, 0.1) is 0 Å². The highest BCUT2D eigenvalue weighted by Crippen LogP contribution is 2.22. The van der Waals surface area contributed by atoms with Gasteiger partial charge in [0.15, 0.2) is 0 Å². The molecule has 1 amide bonds. The molecule has 1 saturated carbocycles. The lowest BCUT2D eigenvalue weighted by Gasteiger charge is -2.25. The number of hydrogen-bond acceptors (Lipinski definition) is 2. The van der Waals surface area contributed by atoms with Gasteiger partial charge < -0.3 is 5.73 Å². The summed E-state index contributed by atoms with van der Waals surface area (Å²) in [6, 6.07) is 0.547. The molecule has 2 N–H and O–H groups in total. The molecule has 0 heterocycles. The summed E-state index contributed by atoms with van der Waals surface area (Å²) in [5, 5.41) is 0. The van der Waals surface area contributed by atoms with Crippen molar-refractivity contribution in [2.45, 2.75) is 31.7 Å². The summed E-state index contributed by atoms with van der Waals surface area (Å²) in [4.78, 5) is 12.9. The van der Waals surface area contributed by atoms with Crippen LogP contribution in [-0.4, -0.2) is 29.9 Å². The number of nitrogens with zero attached hydrogens (tertiary/aromatic N) is 1. The molecular formula is C10H18N2O. The number of rotatable bonds is 5. The van der Waals surface area contributed by atoms with Gasteiger partial charge in [-0.2, -0.15) is 0 Å². The zero-order valence-electron chi connectivity index (χ0n) is 8.04. The molecule has 0 unspecified atom stereocenters. The predicted molar refractivity (Wildman–Crippen MR) is 53.2 cm³/mol. The fourth-order valence-corrected chi connectivity index (χ4v) is 1.98. The molecule has 3 heteroatoms. The smallest absolute Gasteiger partial charge is 0.231 e. The van der Waals surface area contributed by atoms with Crippen LogP contribution in [0.5, 0.6) is 0 Å². The van der Waals surface area contributed by atoms with E-state index < -0.39 is 0 Å². The van der Waals surface area contributed by atoms with Crippen molar-refractivity contribution in [1.82, 2.24) is 4.90 Å². The molecule has 0 aliphatic heterocycles. The first-order valence-corrected chi connectivity index (χ1v) is 4.87. The van der Waals surface area contributed by atoms with Gasteiger partial charge in [0.05, 0.1) is 6.54 Å². The van der Waals surface area contributed by atoms with Crippen molar-refractivity contribution >= 4 is 5.91 Å². The maximum Gasteiger partial charge on any atom is 0.231 e. The molecule has 74 valence electrons. The van der Waals surface area contributed by atoms with E-state index in [1.165, 1.54) is 25.7 Å². The van der Waals surface area contributed by atoms with E-state index in [4.69, 9.17) is 5.73 Å². The van der Waals surface area contributed by atoms with Gasteiger partial charge in [0.1, 0.15) is 0 Å². The van der Waals surface area contributed by atoms with Crippen molar-refractivity contribution in [2.75, 3.05) is 13.1 Å². The minimum absolute atomic E-state index is 0.242.